The summed E-state index contributed by atoms with van der Waals surface area (Å²) < 4.78 is 7.45. The van der Waals surface area contributed by atoms with Crippen molar-refractivity contribution in [1.29, 1.82) is 0 Å². The quantitative estimate of drug-likeness (QED) is 0.643. The highest BCUT2D eigenvalue weighted by molar-refractivity contribution is 6.31. The van der Waals surface area contributed by atoms with Crippen LogP contribution in [-0.2, 0) is 16.1 Å². The van der Waals surface area contributed by atoms with Gasteiger partial charge < -0.3 is 15.4 Å². The molecule has 29 heavy (non-hydrogen) atoms. The van der Waals surface area contributed by atoms with E-state index in [9.17, 15) is 9.59 Å². The van der Waals surface area contributed by atoms with Crippen molar-refractivity contribution >= 4 is 34.8 Å². The first-order valence-corrected chi connectivity index (χ1v) is 9.41. The zero-order valence-electron chi connectivity index (χ0n) is 15.9. The first-order chi connectivity index (χ1) is 13.8. The largest absolute Gasteiger partial charge is 0.466 e. The van der Waals surface area contributed by atoms with E-state index in [0.29, 0.717) is 28.7 Å². The van der Waals surface area contributed by atoms with Crippen LogP contribution in [-0.4, -0.2) is 27.2 Å². The Bertz CT molecular complexity index is 1110. The van der Waals surface area contributed by atoms with Gasteiger partial charge in [-0.25, -0.2) is 0 Å². The Labute approximate surface area is 172 Å². The van der Waals surface area contributed by atoms with Gasteiger partial charge in [-0.05, 0) is 43.2 Å². The van der Waals surface area contributed by atoms with Gasteiger partial charge in [0.2, 0.25) is 0 Å². The third-order valence-electron chi connectivity index (χ3n) is 4.86. The number of nitrogens with zero attached hydrogens (tertiary/aromatic N) is 2. The monoisotopic (exact) mass is 410 g/mol. The number of rotatable bonds is 4. The smallest absolute Gasteiger partial charge is 0.278 e. The van der Waals surface area contributed by atoms with E-state index in [-0.39, 0.29) is 0 Å². The van der Waals surface area contributed by atoms with E-state index < -0.39 is 17.4 Å². The number of aromatic nitrogens is 2. The average molecular weight is 411 g/mol. The molecule has 0 saturated carbocycles. The second-order valence-corrected chi connectivity index (χ2v) is 7.47. The Hall–Kier alpha value is -3.32. The van der Waals surface area contributed by atoms with Gasteiger partial charge in [0.25, 0.3) is 17.4 Å². The fourth-order valence-electron chi connectivity index (χ4n) is 3.07. The Balaban J connectivity index is 1.49. The number of anilines is 2. The Kier molecular flexibility index (Phi) is 4.76. The number of hydrogen-bond acceptors (Lipinski definition) is 4. The predicted octanol–water partition coefficient (Wildman–Crippen LogP) is 3.62. The highest BCUT2D eigenvalue weighted by Crippen LogP contribution is 2.36. The number of nitrogens with one attached hydrogen (secondary N) is 2. The van der Waals surface area contributed by atoms with Crippen molar-refractivity contribution in [2.24, 2.45) is 0 Å². The molecular weight excluding hydrogens is 392 g/mol. The lowest BCUT2D eigenvalue weighted by Crippen LogP contribution is -2.56. The van der Waals surface area contributed by atoms with Crippen molar-refractivity contribution in [3.8, 4) is 5.75 Å². The van der Waals surface area contributed by atoms with E-state index in [1.807, 2.05) is 31.2 Å². The van der Waals surface area contributed by atoms with Crippen molar-refractivity contribution in [3.05, 3.63) is 71.0 Å². The van der Waals surface area contributed by atoms with Crippen molar-refractivity contribution < 1.29 is 14.3 Å². The highest BCUT2D eigenvalue weighted by Gasteiger charge is 2.47. The minimum absolute atomic E-state index is 0.377. The Morgan fingerprint density at radius 2 is 2.10 bits per heavy atom. The van der Waals surface area contributed by atoms with Gasteiger partial charge in [-0.2, -0.15) is 5.10 Å². The number of ether oxygens (including phenoxy) is 1. The van der Waals surface area contributed by atoms with Crippen molar-refractivity contribution in [1.82, 2.24) is 9.78 Å². The zero-order chi connectivity index (χ0) is 20.6. The molecule has 2 amide bonds. The maximum absolute atomic E-state index is 12.8. The molecule has 3 aromatic rings. The number of hydrogen-bond donors (Lipinski definition) is 2. The van der Waals surface area contributed by atoms with Gasteiger partial charge in [-0.15, -0.1) is 0 Å². The number of fused-ring (bicyclic) bond motifs is 1. The number of benzene rings is 2. The van der Waals surface area contributed by atoms with Crippen LogP contribution in [0.1, 0.15) is 18.1 Å². The summed E-state index contributed by atoms with van der Waals surface area (Å²) in [6.07, 6.45) is 3.25. The molecule has 0 bridgehead atoms. The fourth-order valence-corrected chi connectivity index (χ4v) is 3.25. The number of carbonyl (C=O) groups is 2. The molecule has 148 valence electrons. The molecule has 2 aromatic carbocycles. The van der Waals surface area contributed by atoms with Crippen LogP contribution in [0.4, 0.5) is 11.4 Å². The first kappa shape index (κ1) is 19.0. The first-order valence-electron chi connectivity index (χ1n) is 9.03. The lowest BCUT2D eigenvalue weighted by Gasteiger charge is -2.33. The van der Waals surface area contributed by atoms with E-state index >= 15 is 0 Å². The van der Waals surface area contributed by atoms with Gasteiger partial charge in [0.05, 0.1) is 24.1 Å². The van der Waals surface area contributed by atoms with Gasteiger partial charge in [-0.1, -0.05) is 35.9 Å². The molecule has 0 fully saturated rings. The second kappa shape index (κ2) is 7.25. The maximum Gasteiger partial charge on any atom is 0.278 e. The molecule has 2 heterocycles. The van der Waals surface area contributed by atoms with Crippen molar-refractivity contribution in [2.75, 3.05) is 10.6 Å². The molecular formula is C21H19ClN4O3. The maximum atomic E-state index is 12.8. The molecule has 1 unspecified atom stereocenters. The standard InChI is InChI=1S/C21H19ClN4O3/c1-13-5-3-4-6-14(13)11-26-12-16(10-23-26)24-19(27)21(2)20(28)25-17-9-15(22)7-8-18(17)29-21/h3-10,12H,11H2,1-2H3,(H,24,27)(H,25,28). The molecule has 7 nitrogen and oxygen atoms in total. The van der Waals surface area contributed by atoms with Gasteiger partial charge in [-0.3, -0.25) is 14.3 Å². The number of aryl methyl sites for hydroxylation is 1. The summed E-state index contributed by atoms with van der Waals surface area (Å²) in [5.74, 6) is -0.787. The van der Waals surface area contributed by atoms with Crippen LogP contribution in [0.15, 0.2) is 54.9 Å². The molecule has 1 aromatic heterocycles. The molecule has 1 atom stereocenters. The molecule has 1 aliphatic heterocycles. The van der Waals surface area contributed by atoms with Crippen LogP contribution in [0.5, 0.6) is 5.75 Å². The third-order valence-corrected chi connectivity index (χ3v) is 5.09. The van der Waals surface area contributed by atoms with Crippen LogP contribution >= 0.6 is 11.6 Å². The summed E-state index contributed by atoms with van der Waals surface area (Å²) >= 11 is 5.94. The van der Waals surface area contributed by atoms with Gasteiger partial charge >= 0.3 is 0 Å². The van der Waals surface area contributed by atoms with Crippen molar-refractivity contribution in [3.63, 3.8) is 0 Å². The van der Waals surface area contributed by atoms with Crippen LogP contribution in [0.3, 0.4) is 0 Å². The van der Waals surface area contributed by atoms with Crippen molar-refractivity contribution in [2.45, 2.75) is 26.0 Å². The summed E-state index contributed by atoms with van der Waals surface area (Å²) in [5.41, 5.74) is 1.47. The van der Waals surface area contributed by atoms with Crippen LogP contribution in [0.2, 0.25) is 5.02 Å². The van der Waals surface area contributed by atoms with Gasteiger partial charge in [0, 0.05) is 11.2 Å². The molecule has 0 radical (unpaired) electrons. The fraction of sp³-hybridized carbons (Fsp3) is 0.190. The second-order valence-electron chi connectivity index (χ2n) is 7.04. The Morgan fingerprint density at radius 1 is 1.31 bits per heavy atom. The summed E-state index contributed by atoms with van der Waals surface area (Å²) in [6.45, 7) is 4.03. The molecule has 8 heteroatoms. The molecule has 0 spiro atoms. The predicted molar refractivity (Wildman–Crippen MR) is 110 cm³/mol. The van der Waals surface area contributed by atoms with E-state index in [1.54, 1.807) is 29.1 Å². The van der Waals surface area contributed by atoms with Crippen LogP contribution in [0, 0.1) is 6.92 Å². The number of halogens is 1. The lowest BCUT2D eigenvalue weighted by atomic mass is 10.0. The average Bonchev–Trinajstić information content (AvgIpc) is 3.12. The summed E-state index contributed by atoms with van der Waals surface area (Å²) in [6, 6.07) is 12.8. The van der Waals surface area contributed by atoms with E-state index in [4.69, 9.17) is 16.3 Å². The Morgan fingerprint density at radius 3 is 2.90 bits per heavy atom. The number of amides is 2. The topological polar surface area (TPSA) is 85.3 Å². The van der Waals surface area contributed by atoms with Gasteiger partial charge in [0.1, 0.15) is 5.75 Å². The zero-order valence-corrected chi connectivity index (χ0v) is 16.7. The normalized spacial score (nSPS) is 17.8. The SMILES string of the molecule is Cc1ccccc1Cn1cc(NC(=O)C2(C)Oc3ccc(Cl)cc3NC2=O)cn1. The lowest BCUT2D eigenvalue weighted by molar-refractivity contribution is -0.143. The minimum atomic E-state index is -1.72. The summed E-state index contributed by atoms with van der Waals surface area (Å²) in [5, 5.41) is 10.1. The van der Waals surface area contributed by atoms with E-state index in [2.05, 4.69) is 15.7 Å². The molecule has 0 aliphatic carbocycles. The third kappa shape index (κ3) is 3.69. The molecule has 4 rings (SSSR count). The molecule has 1 aliphatic rings. The molecule has 0 saturated heterocycles. The van der Waals surface area contributed by atoms with Gasteiger partial charge in [0.15, 0.2) is 0 Å². The summed E-state index contributed by atoms with van der Waals surface area (Å²) in [7, 11) is 0. The van der Waals surface area contributed by atoms with E-state index in [1.165, 1.54) is 13.1 Å². The van der Waals surface area contributed by atoms with E-state index in [0.717, 1.165) is 11.1 Å². The molecule has 2 N–H and O–H groups in total. The minimum Gasteiger partial charge on any atom is -0.466 e. The highest BCUT2D eigenvalue weighted by atomic mass is 35.5. The number of carbonyl (C=O) groups excluding carboxylic acids is 2. The van der Waals surface area contributed by atoms with Crippen LogP contribution in [0.25, 0.3) is 0 Å². The van der Waals surface area contributed by atoms with Crippen LogP contribution < -0.4 is 15.4 Å². The summed E-state index contributed by atoms with van der Waals surface area (Å²) in [4.78, 5) is 25.4.